The van der Waals surface area contributed by atoms with Gasteiger partial charge in [-0.3, -0.25) is 4.98 Å². The van der Waals surface area contributed by atoms with Crippen LogP contribution in [0, 0.1) is 0 Å². The van der Waals surface area contributed by atoms with Gasteiger partial charge < -0.3 is 9.67 Å². The van der Waals surface area contributed by atoms with Crippen LogP contribution in [0.3, 0.4) is 0 Å². The second-order valence-electron chi connectivity index (χ2n) is 7.57. The topological polar surface area (TPSA) is 50.9 Å². The molecule has 0 amide bonds. The maximum atomic E-state index is 9.73. The fourth-order valence-electron chi connectivity index (χ4n) is 4.09. The van der Waals surface area contributed by atoms with Crippen LogP contribution in [0.4, 0.5) is 0 Å². The van der Waals surface area contributed by atoms with Gasteiger partial charge in [0.05, 0.1) is 29.2 Å². The number of rotatable bonds is 3. The summed E-state index contributed by atoms with van der Waals surface area (Å²) in [5, 5.41) is 9.73. The predicted molar refractivity (Wildman–Crippen MR) is 98.5 cm³/mol. The van der Waals surface area contributed by atoms with Crippen molar-refractivity contribution < 1.29 is 5.11 Å². The molecule has 3 aromatic rings. The van der Waals surface area contributed by atoms with Gasteiger partial charge in [-0.15, -0.1) is 0 Å². The number of nitrogens with zero attached hydrogens (tertiary/aromatic N) is 3. The number of aromatic nitrogens is 3. The first-order valence-corrected chi connectivity index (χ1v) is 9.39. The first-order valence-electron chi connectivity index (χ1n) is 9.39. The normalized spacial score (nSPS) is 23.9. The highest BCUT2D eigenvalue weighted by molar-refractivity contribution is 5.81. The highest BCUT2D eigenvalue weighted by Gasteiger charge is 2.24. The van der Waals surface area contributed by atoms with E-state index in [4.69, 9.17) is 0 Å². The molecule has 4 heteroatoms. The van der Waals surface area contributed by atoms with E-state index < -0.39 is 0 Å². The van der Waals surface area contributed by atoms with E-state index >= 15 is 0 Å². The minimum Gasteiger partial charge on any atom is -0.393 e. The summed E-state index contributed by atoms with van der Waals surface area (Å²) in [7, 11) is 0. The van der Waals surface area contributed by atoms with Crippen LogP contribution in [0.5, 0.6) is 0 Å². The van der Waals surface area contributed by atoms with Crippen molar-refractivity contribution in [1.29, 1.82) is 0 Å². The Kier molecular flexibility index (Phi) is 3.59. The van der Waals surface area contributed by atoms with E-state index in [2.05, 4.69) is 44.9 Å². The standard InChI is InChI=1S/C21H23N3O/c25-18-6-4-17(5-7-18)24-13-23-20-12-16(3-8-21(20)24)19-11-15(9-10-22-19)14-1-2-14/h3,8-14,17-18,25H,1-2,4-7H2. The number of aliphatic hydroxyl groups is 1. The lowest BCUT2D eigenvalue weighted by atomic mass is 9.93. The highest BCUT2D eigenvalue weighted by Crippen LogP contribution is 2.41. The molecule has 0 radical (unpaired) electrons. The lowest BCUT2D eigenvalue weighted by Gasteiger charge is -2.26. The average molecular weight is 333 g/mol. The molecule has 0 bridgehead atoms. The molecular weight excluding hydrogens is 310 g/mol. The Labute approximate surface area is 147 Å². The number of hydrogen-bond donors (Lipinski definition) is 1. The minimum atomic E-state index is -0.123. The lowest BCUT2D eigenvalue weighted by molar-refractivity contribution is 0.111. The molecule has 0 spiro atoms. The van der Waals surface area contributed by atoms with Crippen molar-refractivity contribution in [3.63, 3.8) is 0 Å². The molecule has 25 heavy (non-hydrogen) atoms. The van der Waals surface area contributed by atoms with Crippen LogP contribution < -0.4 is 0 Å². The number of aliphatic hydroxyl groups excluding tert-OH is 1. The van der Waals surface area contributed by atoms with Crippen LogP contribution in [0.15, 0.2) is 42.9 Å². The van der Waals surface area contributed by atoms with E-state index in [0.717, 1.165) is 48.4 Å². The summed E-state index contributed by atoms with van der Waals surface area (Å²) < 4.78 is 2.29. The van der Waals surface area contributed by atoms with Gasteiger partial charge in [-0.1, -0.05) is 6.07 Å². The second kappa shape index (κ2) is 5.95. The predicted octanol–water partition coefficient (Wildman–Crippen LogP) is 4.45. The lowest BCUT2D eigenvalue weighted by Crippen LogP contribution is -2.20. The zero-order chi connectivity index (χ0) is 16.8. The summed E-state index contributed by atoms with van der Waals surface area (Å²) in [5.74, 6) is 0.742. The molecule has 128 valence electrons. The van der Waals surface area contributed by atoms with Crippen LogP contribution in [0.25, 0.3) is 22.3 Å². The molecule has 1 aromatic carbocycles. The molecular formula is C21H23N3O. The zero-order valence-electron chi connectivity index (χ0n) is 14.3. The molecule has 0 saturated heterocycles. The van der Waals surface area contributed by atoms with Crippen LogP contribution in [0.2, 0.25) is 0 Å². The van der Waals surface area contributed by atoms with Gasteiger partial charge in [0.15, 0.2) is 0 Å². The number of hydrogen-bond acceptors (Lipinski definition) is 3. The minimum absolute atomic E-state index is 0.123. The van der Waals surface area contributed by atoms with E-state index in [1.54, 1.807) is 0 Å². The largest absolute Gasteiger partial charge is 0.393 e. The van der Waals surface area contributed by atoms with E-state index in [1.807, 2.05) is 12.5 Å². The highest BCUT2D eigenvalue weighted by atomic mass is 16.3. The fourth-order valence-corrected chi connectivity index (χ4v) is 4.09. The molecule has 0 atom stereocenters. The van der Waals surface area contributed by atoms with Gasteiger partial charge in [-0.2, -0.15) is 0 Å². The van der Waals surface area contributed by atoms with Crippen molar-refractivity contribution in [1.82, 2.24) is 14.5 Å². The summed E-state index contributed by atoms with van der Waals surface area (Å²) in [5.41, 5.74) is 5.81. The van der Waals surface area contributed by atoms with Crippen molar-refractivity contribution in [2.75, 3.05) is 0 Å². The van der Waals surface area contributed by atoms with Gasteiger partial charge in [0.1, 0.15) is 0 Å². The number of pyridine rings is 1. The van der Waals surface area contributed by atoms with Crippen LogP contribution in [-0.2, 0) is 0 Å². The summed E-state index contributed by atoms with van der Waals surface area (Å²) in [6.07, 6.45) is 10.2. The first kappa shape index (κ1) is 15.1. The SMILES string of the molecule is OC1CCC(n2cnc3cc(-c4cc(C5CC5)ccn4)ccc32)CC1. The third kappa shape index (κ3) is 2.85. The molecule has 2 aliphatic carbocycles. The maximum absolute atomic E-state index is 9.73. The number of benzene rings is 1. The van der Waals surface area contributed by atoms with Gasteiger partial charge in [-0.05, 0) is 74.3 Å². The quantitative estimate of drug-likeness (QED) is 0.770. The Morgan fingerprint density at radius 1 is 0.920 bits per heavy atom. The molecule has 2 heterocycles. The van der Waals surface area contributed by atoms with Crippen molar-refractivity contribution in [2.45, 2.75) is 56.6 Å². The Morgan fingerprint density at radius 2 is 1.76 bits per heavy atom. The molecule has 4 nitrogen and oxygen atoms in total. The van der Waals surface area contributed by atoms with E-state index in [-0.39, 0.29) is 6.10 Å². The Bertz CT molecular complexity index is 904. The molecule has 2 aliphatic rings. The molecule has 0 aliphatic heterocycles. The van der Waals surface area contributed by atoms with Crippen LogP contribution in [0.1, 0.15) is 56.0 Å². The summed E-state index contributed by atoms with van der Waals surface area (Å²) in [6.45, 7) is 0. The Balaban J connectivity index is 1.47. The van der Waals surface area contributed by atoms with E-state index in [0.29, 0.717) is 6.04 Å². The van der Waals surface area contributed by atoms with Crippen molar-refractivity contribution in [2.24, 2.45) is 0 Å². The number of fused-ring (bicyclic) bond motifs is 1. The van der Waals surface area contributed by atoms with Crippen molar-refractivity contribution >= 4 is 11.0 Å². The smallest absolute Gasteiger partial charge is 0.0960 e. The molecule has 2 aromatic heterocycles. The van der Waals surface area contributed by atoms with Crippen molar-refractivity contribution in [3.8, 4) is 11.3 Å². The van der Waals surface area contributed by atoms with Gasteiger partial charge in [0.2, 0.25) is 0 Å². The van der Waals surface area contributed by atoms with Crippen LogP contribution >= 0.6 is 0 Å². The number of imidazole rings is 1. The van der Waals surface area contributed by atoms with E-state index in [9.17, 15) is 5.11 Å². The van der Waals surface area contributed by atoms with Crippen LogP contribution in [-0.4, -0.2) is 25.7 Å². The second-order valence-corrected chi connectivity index (χ2v) is 7.57. The third-order valence-corrected chi connectivity index (χ3v) is 5.76. The van der Waals surface area contributed by atoms with E-state index in [1.165, 1.54) is 23.9 Å². The summed E-state index contributed by atoms with van der Waals surface area (Å²) >= 11 is 0. The van der Waals surface area contributed by atoms with Crippen molar-refractivity contribution in [3.05, 3.63) is 48.4 Å². The average Bonchev–Trinajstić information content (AvgIpc) is 3.42. The zero-order valence-corrected chi connectivity index (χ0v) is 14.3. The summed E-state index contributed by atoms with van der Waals surface area (Å²) in [4.78, 5) is 9.21. The molecule has 2 saturated carbocycles. The molecule has 0 unspecified atom stereocenters. The maximum Gasteiger partial charge on any atom is 0.0960 e. The summed E-state index contributed by atoms with van der Waals surface area (Å²) in [6, 6.07) is 11.3. The fraction of sp³-hybridized carbons (Fsp3) is 0.429. The van der Waals surface area contributed by atoms with Gasteiger partial charge >= 0.3 is 0 Å². The molecule has 1 N–H and O–H groups in total. The molecule has 2 fully saturated rings. The van der Waals surface area contributed by atoms with Gasteiger partial charge in [0.25, 0.3) is 0 Å². The third-order valence-electron chi connectivity index (χ3n) is 5.76. The van der Waals surface area contributed by atoms with Gasteiger partial charge in [-0.25, -0.2) is 4.98 Å². The monoisotopic (exact) mass is 333 g/mol. The Hall–Kier alpha value is -2.20. The molecule has 5 rings (SSSR count). The van der Waals surface area contributed by atoms with Gasteiger partial charge in [0, 0.05) is 17.8 Å². The Morgan fingerprint density at radius 3 is 2.56 bits per heavy atom. The first-order chi connectivity index (χ1) is 12.3.